The minimum atomic E-state index is -1.03. The minimum Gasteiger partial charge on any atom is -0.480 e. The fourth-order valence-electron chi connectivity index (χ4n) is 2.09. The second kappa shape index (κ2) is 5.07. The molecule has 2 N–H and O–H groups in total. The van der Waals surface area contributed by atoms with Gasteiger partial charge in [0.2, 0.25) is 5.91 Å². The third-order valence-electron chi connectivity index (χ3n) is 3.97. The highest BCUT2D eigenvalue weighted by Crippen LogP contribution is 2.30. The van der Waals surface area contributed by atoms with Gasteiger partial charge in [-0.15, -0.1) is 0 Å². The molecular weight excluding hydrogens is 218 g/mol. The number of carbonyl (C=O) groups is 2. The van der Waals surface area contributed by atoms with Crippen LogP contribution in [0.2, 0.25) is 0 Å². The third kappa shape index (κ3) is 2.99. The Hall–Kier alpha value is -1.06. The lowest BCUT2D eigenvalue weighted by Crippen LogP contribution is -2.58. The Morgan fingerprint density at radius 2 is 1.76 bits per heavy atom. The lowest BCUT2D eigenvalue weighted by molar-refractivity contribution is -0.151. The molecule has 0 spiro atoms. The molecule has 0 bridgehead atoms. The number of amides is 1. The molecule has 1 fully saturated rings. The molecule has 4 nitrogen and oxygen atoms in total. The van der Waals surface area contributed by atoms with Crippen LogP contribution < -0.4 is 5.32 Å². The van der Waals surface area contributed by atoms with Crippen molar-refractivity contribution in [1.29, 1.82) is 0 Å². The van der Waals surface area contributed by atoms with Crippen molar-refractivity contribution in [1.82, 2.24) is 5.32 Å². The van der Waals surface area contributed by atoms with Crippen LogP contribution in [0.15, 0.2) is 0 Å². The number of nitrogens with one attached hydrogen (secondary N) is 1. The van der Waals surface area contributed by atoms with E-state index >= 15 is 0 Å². The number of hydrogen-bond donors (Lipinski definition) is 2. The van der Waals surface area contributed by atoms with Gasteiger partial charge < -0.3 is 10.4 Å². The van der Waals surface area contributed by atoms with Crippen molar-refractivity contribution in [3.05, 3.63) is 0 Å². The van der Waals surface area contributed by atoms with Crippen LogP contribution in [0.5, 0.6) is 0 Å². The summed E-state index contributed by atoms with van der Waals surface area (Å²) >= 11 is 0. The molecule has 1 aliphatic carbocycles. The van der Waals surface area contributed by atoms with E-state index in [2.05, 4.69) is 5.32 Å². The van der Waals surface area contributed by atoms with Gasteiger partial charge in [0.1, 0.15) is 5.54 Å². The zero-order valence-electron chi connectivity index (χ0n) is 11.0. The molecule has 98 valence electrons. The highest BCUT2D eigenvalue weighted by atomic mass is 16.4. The lowest BCUT2D eigenvalue weighted by atomic mass is 9.80. The standard InChI is InChI=1S/C13H23NO3/c1-4-12(2,3)10(15)14-13(11(16)17)8-6-5-7-9-13/h4-9H2,1-3H3,(H,14,15)(H,16,17). The summed E-state index contributed by atoms with van der Waals surface area (Å²) in [6.45, 7) is 5.63. The number of carboxylic acid groups (broad SMARTS) is 1. The van der Waals surface area contributed by atoms with E-state index in [1.807, 2.05) is 20.8 Å². The molecule has 0 aromatic rings. The van der Waals surface area contributed by atoms with E-state index in [-0.39, 0.29) is 5.91 Å². The predicted octanol–water partition coefficient (Wildman–Crippen LogP) is 2.33. The van der Waals surface area contributed by atoms with Crippen LogP contribution in [-0.4, -0.2) is 22.5 Å². The van der Waals surface area contributed by atoms with E-state index in [4.69, 9.17) is 0 Å². The predicted molar refractivity (Wildman–Crippen MR) is 65.7 cm³/mol. The number of aliphatic carboxylic acids is 1. The largest absolute Gasteiger partial charge is 0.480 e. The van der Waals surface area contributed by atoms with E-state index in [9.17, 15) is 14.7 Å². The molecule has 1 saturated carbocycles. The summed E-state index contributed by atoms with van der Waals surface area (Å²) in [4.78, 5) is 23.5. The molecule has 0 saturated heterocycles. The summed E-state index contributed by atoms with van der Waals surface area (Å²) in [5.41, 5.74) is -1.53. The Morgan fingerprint density at radius 3 is 2.18 bits per heavy atom. The summed E-state index contributed by atoms with van der Waals surface area (Å²) < 4.78 is 0. The van der Waals surface area contributed by atoms with E-state index in [0.29, 0.717) is 19.3 Å². The van der Waals surface area contributed by atoms with Crippen LogP contribution in [0.4, 0.5) is 0 Å². The summed E-state index contributed by atoms with van der Waals surface area (Å²) in [5.74, 6) is -1.04. The van der Waals surface area contributed by atoms with Crippen LogP contribution in [0.25, 0.3) is 0 Å². The summed E-state index contributed by atoms with van der Waals surface area (Å²) in [5, 5.41) is 12.1. The van der Waals surface area contributed by atoms with Crippen molar-refractivity contribution in [3.8, 4) is 0 Å². The molecule has 4 heteroatoms. The first-order valence-electron chi connectivity index (χ1n) is 6.40. The Balaban J connectivity index is 2.81. The molecule has 0 radical (unpaired) electrons. The van der Waals surface area contributed by atoms with Crippen LogP contribution in [0.1, 0.15) is 59.3 Å². The SMILES string of the molecule is CCC(C)(C)C(=O)NC1(C(=O)O)CCCCC1. The molecule has 0 aromatic carbocycles. The molecule has 0 atom stereocenters. The maximum atomic E-state index is 12.1. The van der Waals surface area contributed by atoms with Gasteiger partial charge in [0.25, 0.3) is 0 Å². The van der Waals surface area contributed by atoms with E-state index in [1.165, 1.54) is 0 Å². The van der Waals surface area contributed by atoms with Crippen molar-refractivity contribution >= 4 is 11.9 Å². The van der Waals surface area contributed by atoms with Gasteiger partial charge in [0, 0.05) is 5.41 Å². The van der Waals surface area contributed by atoms with Crippen LogP contribution >= 0.6 is 0 Å². The number of carbonyl (C=O) groups excluding carboxylic acids is 1. The van der Waals surface area contributed by atoms with Gasteiger partial charge in [-0.25, -0.2) is 4.79 Å². The van der Waals surface area contributed by atoms with E-state index in [1.54, 1.807) is 0 Å². The smallest absolute Gasteiger partial charge is 0.329 e. The van der Waals surface area contributed by atoms with Crippen LogP contribution in [0.3, 0.4) is 0 Å². The van der Waals surface area contributed by atoms with Gasteiger partial charge >= 0.3 is 5.97 Å². The van der Waals surface area contributed by atoms with Gasteiger partial charge in [-0.05, 0) is 19.3 Å². The van der Waals surface area contributed by atoms with Gasteiger partial charge in [0.15, 0.2) is 0 Å². The lowest BCUT2D eigenvalue weighted by Gasteiger charge is -2.36. The minimum absolute atomic E-state index is 0.149. The monoisotopic (exact) mass is 241 g/mol. The van der Waals surface area contributed by atoms with Crippen molar-refractivity contribution in [2.24, 2.45) is 5.41 Å². The topological polar surface area (TPSA) is 66.4 Å². The first kappa shape index (κ1) is 14.0. The summed E-state index contributed by atoms with van der Waals surface area (Å²) in [7, 11) is 0. The zero-order valence-corrected chi connectivity index (χ0v) is 11.0. The van der Waals surface area contributed by atoms with Crippen LogP contribution in [0, 0.1) is 5.41 Å². The fraction of sp³-hybridized carbons (Fsp3) is 0.846. The number of hydrogen-bond acceptors (Lipinski definition) is 2. The average Bonchev–Trinajstić information content (AvgIpc) is 2.30. The van der Waals surface area contributed by atoms with Crippen molar-refractivity contribution in [2.75, 3.05) is 0 Å². The molecule has 1 rings (SSSR count). The molecule has 0 aliphatic heterocycles. The first-order valence-corrected chi connectivity index (χ1v) is 6.40. The van der Waals surface area contributed by atoms with Gasteiger partial charge in [-0.2, -0.15) is 0 Å². The zero-order chi connectivity index (χ0) is 13.1. The van der Waals surface area contributed by atoms with Gasteiger partial charge in [-0.3, -0.25) is 4.79 Å². The Kier molecular flexibility index (Phi) is 4.17. The average molecular weight is 241 g/mol. The quantitative estimate of drug-likeness (QED) is 0.793. The molecule has 17 heavy (non-hydrogen) atoms. The van der Waals surface area contributed by atoms with E-state index < -0.39 is 16.9 Å². The molecule has 0 unspecified atom stereocenters. The molecule has 0 heterocycles. The second-order valence-corrected chi connectivity index (χ2v) is 5.64. The maximum Gasteiger partial charge on any atom is 0.329 e. The summed E-state index contributed by atoms with van der Waals surface area (Å²) in [6, 6.07) is 0. The molecule has 0 aromatic heterocycles. The third-order valence-corrected chi connectivity index (χ3v) is 3.97. The van der Waals surface area contributed by atoms with Gasteiger partial charge in [0.05, 0.1) is 0 Å². The molecule has 1 amide bonds. The van der Waals surface area contributed by atoms with Crippen LogP contribution in [-0.2, 0) is 9.59 Å². The summed E-state index contributed by atoms with van der Waals surface area (Å²) in [6.07, 6.45) is 4.61. The normalized spacial score (nSPS) is 19.7. The van der Waals surface area contributed by atoms with Crippen molar-refractivity contribution in [2.45, 2.75) is 64.8 Å². The fourth-order valence-corrected chi connectivity index (χ4v) is 2.09. The second-order valence-electron chi connectivity index (χ2n) is 5.64. The highest BCUT2D eigenvalue weighted by Gasteiger charge is 2.43. The molecule has 1 aliphatic rings. The first-order chi connectivity index (χ1) is 7.84. The number of carboxylic acids is 1. The van der Waals surface area contributed by atoms with Crippen molar-refractivity contribution < 1.29 is 14.7 Å². The van der Waals surface area contributed by atoms with Crippen molar-refractivity contribution in [3.63, 3.8) is 0 Å². The Bertz CT molecular complexity index is 304. The molecular formula is C13H23NO3. The number of rotatable bonds is 4. The Morgan fingerprint density at radius 1 is 1.24 bits per heavy atom. The maximum absolute atomic E-state index is 12.1. The Labute approximate surface area is 103 Å². The van der Waals surface area contributed by atoms with E-state index in [0.717, 1.165) is 19.3 Å². The highest BCUT2D eigenvalue weighted by molar-refractivity contribution is 5.89. The van der Waals surface area contributed by atoms with Gasteiger partial charge in [-0.1, -0.05) is 40.0 Å².